The van der Waals surface area contributed by atoms with Crippen molar-refractivity contribution in [2.75, 3.05) is 28.6 Å². The van der Waals surface area contributed by atoms with Crippen LogP contribution in [-0.2, 0) is 0 Å². The van der Waals surface area contributed by atoms with Crippen LogP contribution in [0.4, 0.5) is 22.0 Å². The molecule has 0 aliphatic carbocycles. The fourth-order valence-electron chi connectivity index (χ4n) is 3.17. The standard InChI is InChI=1S/C21H21N5O/c27-21(22-17-8-2-1-3-9-17)23-18-10-6-7-16(15-18)19-11-12-20(25-24-19)26-13-4-5-14-26/h1-3,6-12,15H,4-5,13-14H2,(H2,22,23,27). The molecule has 1 aromatic heterocycles. The number of anilines is 3. The summed E-state index contributed by atoms with van der Waals surface area (Å²) in [5.41, 5.74) is 3.14. The predicted molar refractivity (Wildman–Crippen MR) is 108 cm³/mol. The van der Waals surface area contributed by atoms with E-state index in [1.165, 1.54) is 12.8 Å². The minimum Gasteiger partial charge on any atom is -0.355 e. The fraction of sp³-hybridized carbons (Fsp3) is 0.190. The summed E-state index contributed by atoms with van der Waals surface area (Å²) in [4.78, 5) is 14.4. The van der Waals surface area contributed by atoms with Crippen LogP contribution < -0.4 is 15.5 Å². The van der Waals surface area contributed by atoms with Gasteiger partial charge in [0.1, 0.15) is 0 Å². The zero-order valence-electron chi connectivity index (χ0n) is 14.9. The summed E-state index contributed by atoms with van der Waals surface area (Å²) in [5, 5.41) is 14.4. The Morgan fingerprint density at radius 1 is 0.815 bits per heavy atom. The Morgan fingerprint density at radius 2 is 1.56 bits per heavy atom. The highest BCUT2D eigenvalue weighted by atomic mass is 16.2. The number of rotatable bonds is 4. The molecule has 0 radical (unpaired) electrons. The Kier molecular flexibility index (Phi) is 4.96. The summed E-state index contributed by atoms with van der Waals surface area (Å²) < 4.78 is 0. The Labute approximate surface area is 158 Å². The van der Waals surface area contributed by atoms with Gasteiger partial charge in [-0.2, -0.15) is 0 Å². The van der Waals surface area contributed by atoms with E-state index in [4.69, 9.17) is 0 Å². The molecule has 1 aliphatic rings. The second kappa shape index (κ2) is 7.86. The van der Waals surface area contributed by atoms with Gasteiger partial charge in [-0.1, -0.05) is 30.3 Å². The molecule has 3 aromatic rings. The molecule has 0 bridgehead atoms. The summed E-state index contributed by atoms with van der Waals surface area (Å²) in [5.74, 6) is 0.924. The molecule has 6 nitrogen and oxygen atoms in total. The number of urea groups is 1. The summed E-state index contributed by atoms with van der Waals surface area (Å²) in [6, 6.07) is 20.6. The van der Waals surface area contributed by atoms with Crippen LogP contribution in [0, 0.1) is 0 Å². The van der Waals surface area contributed by atoms with Crippen molar-refractivity contribution in [1.82, 2.24) is 10.2 Å². The zero-order valence-corrected chi connectivity index (χ0v) is 14.9. The van der Waals surface area contributed by atoms with Gasteiger partial charge in [0.15, 0.2) is 5.82 Å². The van der Waals surface area contributed by atoms with Gasteiger partial charge in [0.25, 0.3) is 0 Å². The minimum atomic E-state index is -0.284. The molecule has 4 rings (SSSR count). The van der Waals surface area contributed by atoms with Gasteiger partial charge >= 0.3 is 6.03 Å². The van der Waals surface area contributed by atoms with Crippen molar-refractivity contribution in [3.63, 3.8) is 0 Å². The quantitative estimate of drug-likeness (QED) is 0.725. The smallest absolute Gasteiger partial charge is 0.323 e. The average molecular weight is 359 g/mol. The molecule has 136 valence electrons. The summed E-state index contributed by atoms with van der Waals surface area (Å²) in [6.45, 7) is 2.09. The maximum Gasteiger partial charge on any atom is 0.323 e. The third kappa shape index (κ3) is 4.23. The van der Waals surface area contributed by atoms with Crippen molar-refractivity contribution < 1.29 is 4.79 Å². The highest BCUT2D eigenvalue weighted by Crippen LogP contribution is 2.23. The number of para-hydroxylation sites is 1. The molecule has 27 heavy (non-hydrogen) atoms. The lowest BCUT2D eigenvalue weighted by molar-refractivity contribution is 0.262. The molecule has 2 N–H and O–H groups in total. The largest absolute Gasteiger partial charge is 0.355 e. The monoisotopic (exact) mass is 359 g/mol. The highest BCUT2D eigenvalue weighted by Gasteiger charge is 2.14. The topological polar surface area (TPSA) is 70.2 Å². The van der Waals surface area contributed by atoms with E-state index in [9.17, 15) is 4.79 Å². The maximum atomic E-state index is 12.2. The van der Waals surface area contributed by atoms with Crippen molar-refractivity contribution in [2.24, 2.45) is 0 Å². The maximum absolute atomic E-state index is 12.2. The van der Waals surface area contributed by atoms with Crippen molar-refractivity contribution >= 4 is 23.2 Å². The normalized spacial score (nSPS) is 13.4. The highest BCUT2D eigenvalue weighted by molar-refractivity contribution is 6.00. The lowest BCUT2D eigenvalue weighted by Crippen LogP contribution is -2.19. The number of carbonyl (C=O) groups excluding carboxylic acids is 1. The van der Waals surface area contributed by atoms with Gasteiger partial charge in [0.05, 0.1) is 5.69 Å². The molecule has 6 heteroatoms. The van der Waals surface area contributed by atoms with Gasteiger partial charge in [0.2, 0.25) is 0 Å². The molecule has 0 saturated carbocycles. The van der Waals surface area contributed by atoms with Crippen LogP contribution in [0.1, 0.15) is 12.8 Å². The molecule has 1 fully saturated rings. The van der Waals surface area contributed by atoms with E-state index in [1.807, 2.05) is 66.7 Å². The molecule has 1 aliphatic heterocycles. The minimum absolute atomic E-state index is 0.284. The van der Waals surface area contributed by atoms with Crippen molar-refractivity contribution in [2.45, 2.75) is 12.8 Å². The van der Waals surface area contributed by atoms with E-state index in [2.05, 4.69) is 25.7 Å². The number of nitrogens with one attached hydrogen (secondary N) is 2. The van der Waals surface area contributed by atoms with Gasteiger partial charge in [-0.15, -0.1) is 10.2 Å². The first kappa shape index (κ1) is 17.0. The Balaban J connectivity index is 1.44. The van der Waals surface area contributed by atoms with Crippen molar-refractivity contribution in [3.05, 3.63) is 66.7 Å². The molecule has 2 aromatic carbocycles. The Bertz CT molecular complexity index is 905. The summed E-state index contributed by atoms with van der Waals surface area (Å²) >= 11 is 0. The van der Waals surface area contributed by atoms with E-state index >= 15 is 0 Å². The molecular formula is C21H21N5O. The van der Waals surface area contributed by atoms with Gasteiger partial charge < -0.3 is 15.5 Å². The van der Waals surface area contributed by atoms with Crippen molar-refractivity contribution in [1.29, 1.82) is 0 Å². The van der Waals surface area contributed by atoms with Gasteiger partial charge in [-0.25, -0.2) is 4.79 Å². The van der Waals surface area contributed by atoms with E-state index in [0.717, 1.165) is 35.9 Å². The first-order valence-electron chi connectivity index (χ1n) is 9.10. The first-order chi connectivity index (χ1) is 13.3. The van der Waals surface area contributed by atoms with Crippen LogP contribution in [-0.4, -0.2) is 29.3 Å². The van der Waals surface area contributed by atoms with Gasteiger partial charge in [-0.05, 0) is 49.2 Å². The molecule has 2 heterocycles. The van der Waals surface area contributed by atoms with Gasteiger partial charge in [0, 0.05) is 30.0 Å². The number of carbonyl (C=O) groups is 1. The Hall–Kier alpha value is -3.41. The number of hydrogen-bond donors (Lipinski definition) is 2. The number of nitrogens with zero attached hydrogens (tertiary/aromatic N) is 3. The molecule has 1 saturated heterocycles. The number of amides is 2. The van der Waals surface area contributed by atoms with Crippen LogP contribution >= 0.6 is 0 Å². The van der Waals surface area contributed by atoms with E-state index in [-0.39, 0.29) is 6.03 Å². The van der Waals surface area contributed by atoms with Crippen LogP contribution in [0.2, 0.25) is 0 Å². The van der Waals surface area contributed by atoms with Crippen LogP contribution in [0.15, 0.2) is 66.7 Å². The predicted octanol–water partition coefficient (Wildman–Crippen LogP) is 4.39. The molecule has 0 unspecified atom stereocenters. The number of benzene rings is 2. The summed E-state index contributed by atoms with van der Waals surface area (Å²) in [7, 11) is 0. The lowest BCUT2D eigenvalue weighted by Gasteiger charge is -2.15. The Morgan fingerprint density at radius 3 is 2.30 bits per heavy atom. The van der Waals surface area contributed by atoms with Crippen molar-refractivity contribution in [3.8, 4) is 11.3 Å². The molecular weight excluding hydrogens is 338 g/mol. The summed E-state index contributed by atoms with van der Waals surface area (Å²) in [6.07, 6.45) is 2.42. The number of aromatic nitrogens is 2. The van der Waals surface area contributed by atoms with E-state index in [0.29, 0.717) is 5.69 Å². The first-order valence-corrected chi connectivity index (χ1v) is 9.10. The SMILES string of the molecule is O=C(Nc1ccccc1)Nc1cccc(-c2ccc(N3CCCC3)nn2)c1. The second-order valence-electron chi connectivity index (χ2n) is 6.50. The molecule has 0 spiro atoms. The third-order valence-electron chi connectivity index (χ3n) is 4.53. The second-order valence-corrected chi connectivity index (χ2v) is 6.50. The fourth-order valence-corrected chi connectivity index (χ4v) is 3.17. The van der Waals surface area contributed by atoms with E-state index in [1.54, 1.807) is 0 Å². The lowest BCUT2D eigenvalue weighted by atomic mass is 10.1. The number of hydrogen-bond acceptors (Lipinski definition) is 4. The molecule has 2 amide bonds. The zero-order chi connectivity index (χ0) is 18.5. The van der Waals surface area contributed by atoms with Gasteiger partial charge in [-0.3, -0.25) is 0 Å². The van der Waals surface area contributed by atoms with E-state index < -0.39 is 0 Å². The molecule has 0 atom stereocenters. The van der Waals surface area contributed by atoms with Crippen LogP contribution in [0.25, 0.3) is 11.3 Å². The average Bonchev–Trinajstić information content (AvgIpc) is 3.24. The van der Waals surface area contributed by atoms with Crippen LogP contribution in [0.3, 0.4) is 0 Å². The third-order valence-corrected chi connectivity index (χ3v) is 4.53. The van der Waals surface area contributed by atoms with Crippen LogP contribution in [0.5, 0.6) is 0 Å².